The summed E-state index contributed by atoms with van der Waals surface area (Å²) in [6.07, 6.45) is 3.62. The number of hydrogen-bond donors (Lipinski definition) is 1. The van der Waals surface area contributed by atoms with Gasteiger partial charge in [-0.05, 0) is 59.1 Å². The fraction of sp³-hybridized carbons (Fsp3) is 0.389. The van der Waals surface area contributed by atoms with Gasteiger partial charge >= 0.3 is 5.97 Å². The molecular formula is C36H38N2O5. The number of hydrogen-bond acceptors (Lipinski definition) is 5. The fourth-order valence-corrected chi connectivity index (χ4v) is 7.47. The van der Waals surface area contributed by atoms with Gasteiger partial charge in [-0.15, -0.1) is 0 Å². The molecule has 0 aromatic heterocycles. The number of aryl methyl sites for hydroxylation is 2. The molecule has 2 bridgehead atoms. The van der Waals surface area contributed by atoms with Gasteiger partial charge in [0, 0.05) is 30.5 Å². The van der Waals surface area contributed by atoms with E-state index in [1.807, 2.05) is 56.3 Å². The van der Waals surface area contributed by atoms with Crippen LogP contribution in [0.3, 0.4) is 0 Å². The molecule has 7 nitrogen and oxygen atoms in total. The molecule has 3 aliphatic carbocycles. The van der Waals surface area contributed by atoms with Gasteiger partial charge in [0.25, 0.3) is 5.91 Å². The van der Waals surface area contributed by atoms with Crippen molar-refractivity contribution in [2.24, 2.45) is 11.8 Å². The summed E-state index contributed by atoms with van der Waals surface area (Å²) in [4.78, 5) is 53.6. The van der Waals surface area contributed by atoms with Crippen molar-refractivity contribution in [3.8, 4) is 0 Å². The number of nitrogens with zero attached hydrogens (tertiary/aromatic N) is 1. The van der Waals surface area contributed by atoms with Crippen LogP contribution in [-0.2, 0) is 36.8 Å². The Morgan fingerprint density at radius 2 is 1.23 bits per heavy atom. The minimum absolute atomic E-state index is 0.0738. The molecule has 0 radical (unpaired) electrons. The molecule has 1 aliphatic heterocycles. The molecular weight excluding hydrogens is 540 g/mol. The van der Waals surface area contributed by atoms with Gasteiger partial charge in [-0.1, -0.05) is 87.0 Å². The van der Waals surface area contributed by atoms with Crippen molar-refractivity contribution in [3.63, 3.8) is 0 Å². The summed E-state index contributed by atoms with van der Waals surface area (Å²) >= 11 is 0. The molecule has 0 spiro atoms. The second-order valence-corrected chi connectivity index (χ2v) is 11.8. The zero-order valence-electron chi connectivity index (χ0n) is 24.8. The van der Waals surface area contributed by atoms with Crippen LogP contribution in [0.1, 0.15) is 84.7 Å². The van der Waals surface area contributed by atoms with Crippen LogP contribution < -0.4 is 5.32 Å². The first-order chi connectivity index (χ1) is 20.9. The van der Waals surface area contributed by atoms with E-state index in [1.54, 1.807) is 0 Å². The third kappa shape index (κ3) is 5.15. The number of esters is 1. The van der Waals surface area contributed by atoms with Crippen LogP contribution in [0.5, 0.6) is 0 Å². The van der Waals surface area contributed by atoms with Crippen LogP contribution >= 0.6 is 0 Å². The Bertz CT molecular complexity index is 1440. The lowest BCUT2D eigenvalue weighted by Gasteiger charge is -2.45. The first kappa shape index (κ1) is 28.8. The van der Waals surface area contributed by atoms with Gasteiger partial charge < -0.3 is 10.1 Å². The number of likely N-dealkylation sites (tertiary alicyclic amines) is 1. The molecule has 0 saturated carbocycles. The number of rotatable bonds is 11. The normalized spacial score (nSPS) is 21.3. The number of amides is 3. The predicted octanol–water partition coefficient (Wildman–Crippen LogP) is 5.75. The highest BCUT2D eigenvalue weighted by Gasteiger charge is 2.61. The summed E-state index contributed by atoms with van der Waals surface area (Å²) in [7, 11) is 0. The Labute approximate surface area is 252 Å². The van der Waals surface area contributed by atoms with Crippen LogP contribution in [0, 0.1) is 11.8 Å². The summed E-state index contributed by atoms with van der Waals surface area (Å²) in [6.45, 7) is 4.10. The molecule has 7 rings (SSSR count). The fourth-order valence-electron chi connectivity index (χ4n) is 7.47. The maximum Gasteiger partial charge on any atom is 0.306 e. The zero-order valence-corrected chi connectivity index (χ0v) is 24.8. The smallest absolute Gasteiger partial charge is 0.306 e. The first-order valence-electron chi connectivity index (χ1n) is 15.5. The number of ether oxygens (including phenoxy) is 1. The lowest BCUT2D eigenvalue weighted by molar-refractivity contribution is -0.147. The Morgan fingerprint density at radius 1 is 0.721 bits per heavy atom. The van der Waals surface area contributed by atoms with E-state index in [0.29, 0.717) is 25.8 Å². The molecule has 3 amide bonds. The number of benzene rings is 3. The van der Waals surface area contributed by atoms with Crippen molar-refractivity contribution in [3.05, 3.63) is 100 Å². The lowest BCUT2D eigenvalue weighted by Crippen LogP contribution is -2.41. The molecule has 1 saturated heterocycles. The average Bonchev–Trinajstić information content (AvgIpc) is 3.29. The molecule has 43 heavy (non-hydrogen) atoms. The van der Waals surface area contributed by atoms with Crippen molar-refractivity contribution in [2.45, 2.75) is 64.2 Å². The highest BCUT2D eigenvalue weighted by molar-refractivity contribution is 6.07. The number of para-hydroxylation sites is 1. The van der Waals surface area contributed by atoms with Crippen LogP contribution in [0.25, 0.3) is 0 Å². The quantitative estimate of drug-likeness (QED) is 0.178. The van der Waals surface area contributed by atoms with Crippen molar-refractivity contribution in [2.75, 3.05) is 18.5 Å². The van der Waals surface area contributed by atoms with E-state index >= 15 is 0 Å². The largest absolute Gasteiger partial charge is 0.456 e. The van der Waals surface area contributed by atoms with Crippen molar-refractivity contribution in [1.82, 2.24) is 4.90 Å². The van der Waals surface area contributed by atoms with E-state index in [0.717, 1.165) is 29.7 Å². The highest BCUT2D eigenvalue weighted by Crippen LogP contribution is 2.60. The number of imide groups is 1. The molecule has 1 heterocycles. The van der Waals surface area contributed by atoms with Gasteiger partial charge in [-0.25, -0.2) is 0 Å². The molecule has 3 aromatic rings. The number of carbonyl (C=O) groups is 4. The zero-order chi connectivity index (χ0) is 30.1. The molecule has 7 heteroatoms. The van der Waals surface area contributed by atoms with Gasteiger partial charge in [0.1, 0.15) is 0 Å². The molecule has 3 aromatic carbocycles. The Hall–Kier alpha value is -4.26. The van der Waals surface area contributed by atoms with Gasteiger partial charge in [0.2, 0.25) is 11.8 Å². The minimum atomic E-state index is -0.430. The summed E-state index contributed by atoms with van der Waals surface area (Å²) in [6, 6.07) is 22.4. The van der Waals surface area contributed by atoms with E-state index in [4.69, 9.17) is 4.74 Å². The second-order valence-electron chi connectivity index (χ2n) is 11.8. The number of anilines is 1. The standard InChI is InChI=1S/C36H38N2O5/c1-3-22-13-12-14-23(4-2)34(22)37-28(39)21-43-29(40)19-6-5-11-20-38-35(41)32-30-24-15-7-8-16-25(24)31(33(32)36(38)42)27-18-10-9-17-26(27)30/h7-10,12-18,30-33H,3-6,11,19-21H2,1-2H3,(H,37,39)/t30?,31?,32-,33+. The highest BCUT2D eigenvalue weighted by atomic mass is 16.5. The summed E-state index contributed by atoms with van der Waals surface area (Å²) in [5.41, 5.74) is 7.59. The lowest BCUT2D eigenvalue weighted by atomic mass is 9.55. The SMILES string of the molecule is CCc1cccc(CC)c1NC(=O)COC(=O)CCCCCN1C(=O)[C@@H]2C3c4ccccc4C(c4ccccc43)[C@@H]2C1=O. The topological polar surface area (TPSA) is 92.8 Å². The summed E-state index contributed by atoms with van der Waals surface area (Å²) in [5, 5.41) is 2.91. The van der Waals surface area contributed by atoms with Crippen molar-refractivity contribution < 1.29 is 23.9 Å². The van der Waals surface area contributed by atoms with Gasteiger partial charge in [-0.2, -0.15) is 0 Å². The van der Waals surface area contributed by atoms with E-state index in [1.165, 1.54) is 27.2 Å². The first-order valence-corrected chi connectivity index (χ1v) is 15.5. The van der Waals surface area contributed by atoms with Gasteiger partial charge in [-0.3, -0.25) is 24.1 Å². The predicted molar refractivity (Wildman–Crippen MR) is 164 cm³/mol. The Kier molecular flexibility index (Phi) is 8.15. The van der Waals surface area contributed by atoms with E-state index in [2.05, 4.69) is 29.6 Å². The van der Waals surface area contributed by atoms with Gasteiger partial charge in [0.05, 0.1) is 11.8 Å². The Morgan fingerprint density at radius 3 is 1.72 bits per heavy atom. The molecule has 2 atom stereocenters. The molecule has 1 fully saturated rings. The minimum Gasteiger partial charge on any atom is -0.456 e. The number of carbonyl (C=O) groups excluding carboxylic acids is 4. The van der Waals surface area contributed by atoms with Crippen molar-refractivity contribution in [1.29, 1.82) is 0 Å². The molecule has 1 N–H and O–H groups in total. The van der Waals surface area contributed by atoms with Crippen LogP contribution in [-0.4, -0.2) is 41.7 Å². The third-order valence-corrected chi connectivity index (χ3v) is 9.43. The van der Waals surface area contributed by atoms with Gasteiger partial charge in [0.15, 0.2) is 6.61 Å². The van der Waals surface area contributed by atoms with Crippen LogP contribution in [0.15, 0.2) is 66.7 Å². The van der Waals surface area contributed by atoms with E-state index in [-0.39, 0.29) is 54.4 Å². The van der Waals surface area contributed by atoms with E-state index in [9.17, 15) is 19.2 Å². The van der Waals surface area contributed by atoms with E-state index < -0.39 is 5.97 Å². The molecule has 222 valence electrons. The average molecular weight is 579 g/mol. The number of nitrogens with one attached hydrogen (secondary N) is 1. The van der Waals surface area contributed by atoms with Crippen LogP contribution in [0.4, 0.5) is 5.69 Å². The second kappa shape index (κ2) is 12.2. The number of unbranched alkanes of at least 4 members (excludes halogenated alkanes) is 2. The van der Waals surface area contributed by atoms with Crippen LogP contribution in [0.2, 0.25) is 0 Å². The summed E-state index contributed by atoms with van der Waals surface area (Å²) < 4.78 is 5.22. The molecule has 0 unspecified atom stereocenters. The Balaban J connectivity index is 0.992. The summed E-state index contributed by atoms with van der Waals surface area (Å²) in [5.74, 6) is -1.84. The maximum absolute atomic E-state index is 13.7. The monoisotopic (exact) mass is 578 g/mol. The molecule has 4 aliphatic rings. The third-order valence-electron chi connectivity index (χ3n) is 9.43. The van der Waals surface area contributed by atoms with Crippen molar-refractivity contribution >= 4 is 29.4 Å². The maximum atomic E-state index is 13.7.